The summed E-state index contributed by atoms with van der Waals surface area (Å²) in [7, 11) is 0. The monoisotopic (exact) mass is 254 g/mol. The zero-order valence-electron chi connectivity index (χ0n) is 10.4. The molecule has 1 heterocycles. The molecule has 0 amide bonds. The van der Waals surface area contributed by atoms with Crippen LogP contribution in [0.5, 0.6) is 0 Å². The molecule has 4 nitrogen and oxygen atoms in total. The van der Waals surface area contributed by atoms with Crippen molar-refractivity contribution >= 4 is 5.78 Å². The van der Waals surface area contributed by atoms with E-state index in [4.69, 9.17) is 5.11 Å². The number of Topliss-reactive ketones (excluding diaryl/α,β-unsaturated/α-hetero) is 1. The average molecular weight is 254 g/mol. The average Bonchev–Trinajstić information content (AvgIpc) is 2.85. The van der Waals surface area contributed by atoms with Crippen LogP contribution in [0, 0.1) is 0 Å². The van der Waals surface area contributed by atoms with E-state index in [1.165, 1.54) is 0 Å². The maximum Gasteiger partial charge on any atom is 0.195 e. The number of rotatable bonds is 2. The highest BCUT2D eigenvalue weighted by atomic mass is 16.2. The molecule has 1 aliphatic rings. The van der Waals surface area contributed by atoms with Gasteiger partial charge < -0.3 is 5.11 Å². The first-order valence-corrected chi connectivity index (χ1v) is 6.26. The van der Waals surface area contributed by atoms with Crippen LogP contribution in [0.4, 0.5) is 0 Å². The quantitative estimate of drug-likeness (QED) is 0.661. The number of benzene rings is 1. The standard InChI is InChI=1S/C15H14N2O2/c18-10-12-6-7-14-13(15(12)19)8-16-17(14)9-11-4-2-1-3-5-11/h1-5,8,10,18H,6-7,9H2. The van der Waals surface area contributed by atoms with Crippen molar-refractivity contribution in [2.45, 2.75) is 19.4 Å². The summed E-state index contributed by atoms with van der Waals surface area (Å²) in [5.74, 6) is -0.108. The van der Waals surface area contributed by atoms with Crippen LogP contribution in [0.25, 0.3) is 0 Å². The Morgan fingerprint density at radius 1 is 1.26 bits per heavy atom. The zero-order chi connectivity index (χ0) is 13.2. The molecule has 0 spiro atoms. The van der Waals surface area contributed by atoms with Crippen molar-refractivity contribution in [1.82, 2.24) is 9.78 Å². The van der Waals surface area contributed by atoms with Gasteiger partial charge in [0.15, 0.2) is 5.78 Å². The summed E-state index contributed by atoms with van der Waals surface area (Å²) in [5.41, 5.74) is 3.19. The maximum atomic E-state index is 12.0. The van der Waals surface area contributed by atoms with Gasteiger partial charge in [0.1, 0.15) is 0 Å². The molecule has 0 saturated heterocycles. The third-order valence-corrected chi connectivity index (χ3v) is 3.45. The largest absolute Gasteiger partial charge is 0.515 e. The van der Waals surface area contributed by atoms with Gasteiger partial charge in [-0.05, 0) is 18.4 Å². The Balaban J connectivity index is 1.93. The summed E-state index contributed by atoms with van der Waals surface area (Å²) in [6, 6.07) is 10.0. The second-order valence-corrected chi connectivity index (χ2v) is 4.63. The molecule has 19 heavy (non-hydrogen) atoms. The topological polar surface area (TPSA) is 55.1 Å². The van der Waals surface area contributed by atoms with Gasteiger partial charge in [-0.2, -0.15) is 5.10 Å². The van der Waals surface area contributed by atoms with Gasteiger partial charge in [-0.3, -0.25) is 9.48 Å². The molecule has 0 unspecified atom stereocenters. The molecule has 4 heteroatoms. The Kier molecular flexibility index (Phi) is 2.91. The van der Waals surface area contributed by atoms with Crippen LogP contribution in [0.1, 0.15) is 28.0 Å². The van der Waals surface area contributed by atoms with E-state index in [0.29, 0.717) is 24.1 Å². The van der Waals surface area contributed by atoms with Crippen LogP contribution < -0.4 is 0 Å². The number of aliphatic hydroxyl groups is 1. The lowest BCUT2D eigenvalue weighted by Gasteiger charge is -2.15. The predicted molar refractivity (Wildman–Crippen MR) is 71.1 cm³/mol. The summed E-state index contributed by atoms with van der Waals surface area (Å²) in [5, 5.41) is 13.3. The summed E-state index contributed by atoms with van der Waals surface area (Å²) in [4.78, 5) is 12.0. The Hall–Kier alpha value is -2.36. The van der Waals surface area contributed by atoms with E-state index in [2.05, 4.69) is 5.10 Å². The van der Waals surface area contributed by atoms with E-state index in [1.807, 2.05) is 35.0 Å². The molecule has 2 aromatic rings. The van der Waals surface area contributed by atoms with E-state index in [9.17, 15) is 4.79 Å². The first-order valence-electron chi connectivity index (χ1n) is 6.26. The van der Waals surface area contributed by atoms with E-state index in [0.717, 1.165) is 23.9 Å². The van der Waals surface area contributed by atoms with Crippen LogP contribution >= 0.6 is 0 Å². The second kappa shape index (κ2) is 4.72. The molecule has 0 bridgehead atoms. The fraction of sp³-hybridized carbons (Fsp3) is 0.200. The van der Waals surface area contributed by atoms with Crippen LogP contribution in [0.2, 0.25) is 0 Å². The summed E-state index contributed by atoms with van der Waals surface area (Å²) >= 11 is 0. The molecular weight excluding hydrogens is 240 g/mol. The smallest absolute Gasteiger partial charge is 0.195 e. The van der Waals surface area contributed by atoms with Gasteiger partial charge in [-0.1, -0.05) is 30.3 Å². The molecule has 0 aliphatic heterocycles. The molecular formula is C15H14N2O2. The van der Waals surface area contributed by atoms with Gasteiger partial charge in [0, 0.05) is 5.57 Å². The number of hydrogen-bond acceptors (Lipinski definition) is 3. The number of fused-ring (bicyclic) bond motifs is 1. The SMILES string of the molecule is O=C1C(=CO)CCc2c1cnn2Cc1ccccc1. The number of ketones is 1. The summed E-state index contributed by atoms with van der Waals surface area (Å²) < 4.78 is 1.87. The van der Waals surface area contributed by atoms with Gasteiger partial charge in [-0.15, -0.1) is 0 Å². The van der Waals surface area contributed by atoms with Gasteiger partial charge in [0.05, 0.1) is 30.3 Å². The molecule has 96 valence electrons. The molecule has 0 radical (unpaired) electrons. The molecule has 0 saturated carbocycles. The normalized spacial score (nSPS) is 16.6. The van der Waals surface area contributed by atoms with Crippen LogP contribution in [-0.4, -0.2) is 20.7 Å². The number of aromatic nitrogens is 2. The number of allylic oxidation sites excluding steroid dienone is 1. The lowest BCUT2D eigenvalue weighted by Crippen LogP contribution is -2.16. The van der Waals surface area contributed by atoms with Crippen molar-refractivity contribution < 1.29 is 9.90 Å². The lowest BCUT2D eigenvalue weighted by molar-refractivity contribution is 0.102. The van der Waals surface area contributed by atoms with Crippen LogP contribution in [0.15, 0.2) is 48.4 Å². The first kappa shape index (κ1) is 11.7. The predicted octanol–water partition coefficient (Wildman–Crippen LogP) is 2.50. The summed E-state index contributed by atoms with van der Waals surface area (Å²) in [6.45, 7) is 0.668. The van der Waals surface area contributed by atoms with Crippen molar-refractivity contribution in [3.8, 4) is 0 Å². The van der Waals surface area contributed by atoms with Gasteiger partial charge in [-0.25, -0.2) is 0 Å². The zero-order valence-corrected chi connectivity index (χ0v) is 10.4. The van der Waals surface area contributed by atoms with Crippen molar-refractivity contribution in [3.63, 3.8) is 0 Å². The van der Waals surface area contributed by atoms with E-state index >= 15 is 0 Å². The van der Waals surface area contributed by atoms with E-state index in [1.54, 1.807) is 6.20 Å². The van der Waals surface area contributed by atoms with Crippen LogP contribution in [-0.2, 0) is 13.0 Å². The fourth-order valence-electron chi connectivity index (χ4n) is 2.42. The number of nitrogens with zero attached hydrogens (tertiary/aromatic N) is 2. The minimum Gasteiger partial charge on any atom is -0.515 e. The second-order valence-electron chi connectivity index (χ2n) is 4.63. The molecule has 1 aromatic heterocycles. The maximum absolute atomic E-state index is 12.0. The third kappa shape index (κ3) is 2.05. The number of carbonyl (C=O) groups excluding carboxylic acids is 1. The Labute approximate surface area is 111 Å². The third-order valence-electron chi connectivity index (χ3n) is 3.45. The van der Waals surface area contributed by atoms with Gasteiger partial charge in [0.25, 0.3) is 0 Å². The minimum absolute atomic E-state index is 0.108. The van der Waals surface area contributed by atoms with Crippen molar-refractivity contribution in [2.75, 3.05) is 0 Å². The van der Waals surface area contributed by atoms with Gasteiger partial charge >= 0.3 is 0 Å². The Morgan fingerprint density at radius 3 is 2.79 bits per heavy atom. The number of aliphatic hydroxyl groups excluding tert-OH is 1. The van der Waals surface area contributed by atoms with Crippen molar-refractivity contribution in [1.29, 1.82) is 0 Å². The molecule has 3 rings (SSSR count). The Morgan fingerprint density at radius 2 is 2.05 bits per heavy atom. The highest BCUT2D eigenvalue weighted by molar-refractivity contribution is 6.10. The molecule has 1 aliphatic carbocycles. The van der Waals surface area contributed by atoms with Gasteiger partial charge in [0.2, 0.25) is 0 Å². The van der Waals surface area contributed by atoms with Crippen LogP contribution in [0.3, 0.4) is 0 Å². The first-order chi connectivity index (χ1) is 9.29. The highest BCUT2D eigenvalue weighted by Gasteiger charge is 2.25. The van der Waals surface area contributed by atoms with Crippen molar-refractivity contribution in [3.05, 3.63) is 65.2 Å². The number of carbonyl (C=O) groups is 1. The Bertz CT molecular complexity index is 641. The minimum atomic E-state index is -0.108. The number of hydrogen-bond donors (Lipinski definition) is 1. The van der Waals surface area contributed by atoms with Crippen molar-refractivity contribution in [2.24, 2.45) is 0 Å². The molecule has 1 aromatic carbocycles. The molecule has 1 N–H and O–H groups in total. The fourth-order valence-corrected chi connectivity index (χ4v) is 2.42. The van der Waals surface area contributed by atoms with E-state index < -0.39 is 0 Å². The summed E-state index contributed by atoms with van der Waals surface area (Å²) in [6.07, 6.45) is 3.83. The highest BCUT2D eigenvalue weighted by Crippen LogP contribution is 2.25. The molecule has 0 atom stereocenters. The lowest BCUT2D eigenvalue weighted by atomic mass is 9.92. The molecule has 0 fully saturated rings. The van der Waals surface area contributed by atoms with E-state index in [-0.39, 0.29) is 5.78 Å².